The van der Waals surface area contributed by atoms with Crippen LogP contribution in [-0.2, 0) is 25.2 Å². The van der Waals surface area contributed by atoms with Crippen LogP contribution < -0.4 is 10.4 Å². The van der Waals surface area contributed by atoms with E-state index in [0.717, 1.165) is 5.56 Å². The average molecular weight is 549 g/mol. The highest BCUT2D eigenvalue weighted by molar-refractivity contribution is 6.99. The number of hydrogen-bond acceptors (Lipinski definition) is 5. The standard InChI is InChI=1S/C33H44O5Si/c1-25(22-34)30-31(35-23-26-16-10-7-11-17-26)29(37-33(5,6)38-30)24-36-39(32(2,3)4,27-18-12-8-13-19-27)28-20-14-9-15-21-28/h7-21,25,29-31,34H,22-24H2,1-6H3/t25-,29+,30-,31+/m1/s1. The Kier molecular flexibility index (Phi) is 9.47. The van der Waals surface area contributed by atoms with E-state index in [1.165, 1.54) is 10.4 Å². The van der Waals surface area contributed by atoms with Crippen molar-refractivity contribution in [2.45, 2.75) is 77.3 Å². The smallest absolute Gasteiger partial charge is 0.261 e. The van der Waals surface area contributed by atoms with Crippen molar-refractivity contribution in [1.82, 2.24) is 0 Å². The van der Waals surface area contributed by atoms with Gasteiger partial charge in [0.1, 0.15) is 12.2 Å². The molecular formula is C33H44O5Si. The molecule has 3 aromatic carbocycles. The fraction of sp³-hybridized carbons (Fsp3) is 0.455. The molecule has 3 aromatic rings. The Morgan fingerprint density at radius 3 is 1.85 bits per heavy atom. The quantitative estimate of drug-likeness (QED) is 0.349. The van der Waals surface area contributed by atoms with E-state index in [9.17, 15) is 5.11 Å². The molecule has 1 fully saturated rings. The summed E-state index contributed by atoms with van der Waals surface area (Å²) in [7, 11) is -2.78. The molecule has 0 aromatic heterocycles. The highest BCUT2D eigenvalue weighted by Crippen LogP contribution is 2.39. The first-order chi connectivity index (χ1) is 18.6. The van der Waals surface area contributed by atoms with E-state index < -0.39 is 26.3 Å². The summed E-state index contributed by atoms with van der Waals surface area (Å²) in [6.45, 7) is 13.4. The predicted octanol–water partition coefficient (Wildman–Crippen LogP) is 5.30. The maximum absolute atomic E-state index is 10.1. The third-order valence-corrected chi connectivity index (χ3v) is 12.6. The molecule has 1 heterocycles. The molecule has 210 valence electrons. The molecule has 4 rings (SSSR count). The van der Waals surface area contributed by atoms with Crippen molar-refractivity contribution in [2.24, 2.45) is 5.92 Å². The van der Waals surface area contributed by atoms with Crippen molar-refractivity contribution >= 4 is 18.7 Å². The molecule has 0 spiro atoms. The maximum Gasteiger partial charge on any atom is 0.261 e. The molecule has 39 heavy (non-hydrogen) atoms. The summed E-state index contributed by atoms with van der Waals surface area (Å²) in [5.41, 5.74) is 1.07. The Hall–Kier alpha value is -2.32. The second-order valence-electron chi connectivity index (χ2n) is 12.0. The fourth-order valence-corrected chi connectivity index (χ4v) is 10.2. The van der Waals surface area contributed by atoms with Crippen molar-refractivity contribution in [3.63, 3.8) is 0 Å². The topological polar surface area (TPSA) is 57.2 Å². The zero-order valence-corrected chi connectivity index (χ0v) is 25.2. The van der Waals surface area contributed by atoms with E-state index in [4.69, 9.17) is 18.6 Å². The predicted molar refractivity (Wildman–Crippen MR) is 159 cm³/mol. The molecule has 5 nitrogen and oxygen atoms in total. The highest BCUT2D eigenvalue weighted by Gasteiger charge is 2.52. The van der Waals surface area contributed by atoms with Crippen LogP contribution in [0, 0.1) is 5.92 Å². The first kappa shape index (κ1) is 29.7. The fourth-order valence-electron chi connectivity index (χ4n) is 5.68. The summed E-state index contributed by atoms with van der Waals surface area (Å²) < 4.78 is 26.7. The molecule has 1 N–H and O–H groups in total. The Labute approximate surface area is 235 Å². The van der Waals surface area contributed by atoms with Crippen molar-refractivity contribution in [2.75, 3.05) is 13.2 Å². The zero-order chi connectivity index (χ0) is 28.1. The molecule has 0 bridgehead atoms. The first-order valence-corrected chi connectivity index (χ1v) is 15.9. The SMILES string of the molecule is C[C@H](CO)[C@H]1OC(C)(C)O[C@@H](CO[Si](c2ccccc2)(c2ccccc2)C(C)(C)C)[C@@H]1OCc1ccccc1. The lowest BCUT2D eigenvalue weighted by Crippen LogP contribution is -2.68. The number of aliphatic hydroxyl groups is 1. The van der Waals surface area contributed by atoms with Gasteiger partial charge in [-0.15, -0.1) is 0 Å². The minimum Gasteiger partial charge on any atom is -0.405 e. The second kappa shape index (κ2) is 12.5. The van der Waals surface area contributed by atoms with E-state index in [1.54, 1.807) is 0 Å². The van der Waals surface area contributed by atoms with Crippen molar-refractivity contribution in [3.8, 4) is 0 Å². The molecule has 6 heteroatoms. The second-order valence-corrected chi connectivity index (χ2v) is 16.3. The Bertz CT molecular complexity index is 1110. The molecule has 0 unspecified atom stereocenters. The Balaban J connectivity index is 1.72. The van der Waals surface area contributed by atoms with Gasteiger partial charge in [0, 0.05) is 12.5 Å². The Morgan fingerprint density at radius 2 is 1.36 bits per heavy atom. The lowest BCUT2D eigenvalue weighted by Gasteiger charge is -2.49. The molecule has 1 aliphatic rings. The van der Waals surface area contributed by atoms with Crippen LogP contribution in [0.2, 0.25) is 5.04 Å². The summed E-state index contributed by atoms with van der Waals surface area (Å²) in [6.07, 6.45) is -1.16. The van der Waals surface area contributed by atoms with Gasteiger partial charge >= 0.3 is 0 Å². The molecule has 0 amide bonds. The summed E-state index contributed by atoms with van der Waals surface area (Å²) in [6, 6.07) is 31.3. The molecule has 0 saturated carbocycles. The van der Waals surface area contributed by atoms with E-state index in [0.29, 0.717) is 13.2 Å². The summed E-state index contributed by atoms with van der Waals surface area (Å²) in [4.78, 5) is 0. The highest BCUT2D eigenvalue weighted by atomic mass is 28.4. The van der Waals surface area contributed by atoms with Gasteiger partial charge in [-0.1, -0.05) is 119 Å². The van der Waals surface area contributed by atoms with Gasteiger partial charge in [0.15, 0.2) is 5.79 Å². The molecule has 1 aliphatic heterocycles. The number of benzene rings is 3. The van der Waals surface area contributed by atoms with Gasteiger partial charge in [0.05, 0.1) is 19.3 Å². The van der Waals surface area contributed by atoms with Crippen molar-refractivity contribution < 1.29 is 23.7 Å². The summed E-state index contributed by atoms with van der Waals surface area (Å²) in [5, 5.41) is 12.4. The molecule has 0 radical (unpaired) electrons. The van der Waals surface area contributed by atoms with E-state index >= 15 is 0 Å². The molecular weight excluding hydrogens is 504 g/mol. The van der Waals surface area contributed by atoms with Gasteiger partial charge in [0.25, 0.3) is 8.32 Å². The number of rotatable bonds is 10. The average Bonchev–Trinajstić information content (AvgIpc) is 2.92. The van der Waals surface area contributed by atoms with Gasteiger partial charge in [-0.25, -0.2) is 0 Å². The van der Waals surface area contributed by atoms with Crippen LogP contribution in [0.5, 0.6) is 0 Å². The normalized spacial score (nSPS) is 22.4. The largest absolute Gasteiger partial charge is 0.405 e. The first-order valence-electron chi connectivity index (χ1n) is 13.9. The van der Waals surface area contributed by atoms with Crippen molar-refractivity contribution in [1.29, 1.82) is 0 Å². The summed E-state index contributed by atoms with van der Waals surface area (Å²) in [5.74, 6) is -0.982. The maximum atomic E-state index is 10.1. The lowest BCUT2D eigenvalue weighted by molar-refractivity contribution is -0.351. The minimum atomic E-state index is -2.78. The van der Waals surface area contributed by atoms with Crippen LogP contribution in [0.4, 0.5) is 0 Å². The van der Waals surface area contributed by atoms with Gasteiger partial charge in [-0.05, 0) is 34.8 Å². The van der Waals surface area contributed by atoms with Crippen LogP contribution >= 0.6 is 0 Å². The third-order valence-electron chi connectivity index (χ3n) is 7.56. The molecule has 4 atom stereocenters. The summed E-state index contributed by atoms with van der Waals surface area (Å²) >= 11 is 0. The number of ether oxygens (including phenoxy) is 3. The van der Waals surface area contributed by atoms with E-state index in [1.807, 2.05) is 51.1 Å². The number of aliphatic hydroxyl groups excluding tert-OH is 1. The third kappa shape index (κ3) is 6.71. The van der Waals surface area contributed by atoms with Crippen LogP contribution in [0.3, 0.4) is 0 Å². The monoisotopic (exact) mass is 548 g/mol. The van der Waals surface area contributed by atoms with Gasteiger partial charge in [-0.2, -0.15) is 0 Å². The molecule has 0 aliphatic carbocycles. The lowest BCUT2D eigenvalue weighted by atomic mass is 9.94. The van der Waals surface area contributed by atoms with Crippen LogP contribution in [0.25, 0.3) is 0 Å². The van der Waals surface area contributed by atoms with E-state index in [-0.39, 0.29) is 23.7 Å². The van der Waals surface area contributed by atoms with Gasteiger partial charge in [0.2, 0.25) is 0 Å². The van der Waals surface area contributed by atoms with Crippen molar-refractivity contribution in [3.05, 3.63) is 96.6 Å². The Morgan fingerprint density at radius 1 is 0.846 bits per heavy atom. The van der Waals surface area contributed by atoms with Crippen LogP contribution in [0.1, 0.15) is 47.1 Å². The van der Waals surface area contributed by atoms with Crippen LogP contribution in [0.15, 0.2) is 91.0 Å². The van der Waals surface area contributed by atoms with Gasteiger partial charge in [-0.3, -0.25) is 0 Å². The minimum absolute atomic E-state index is 0.00572. The zero-order valence-electron chi connectivity index (χ0n) is 24.2. The number of hydrogen-bond donors (Lipinski definition) is 1. The van der Waals surface area contributed by atoms with Gasteiger partial charge < -0.3 is 23.7 Å². The van der Waals surface area contributed by atoms with E-state index in [2.05, 4.69) is 81.4 Å². The van der Waals surface area contributed by atoms with Crippen LogP contribution in [-0.4, -0.2) is 50.7 Å². The molecule has 1 saturated heterocycles.